The van der Waals surface area contributed by atoms with Gasteiger partial charge in [-0.2, -0.15) is 0 Å². The number of fused-ring (bicyclic) bond motifs is 2. The largest absolute Gasteiger partial charge is 0.484 e. The van der Waals surface area contributed by atoms with E-state index in [1.807, 2.05) is 0 Å². The van der Waals surface area contributed by atoms with Gasteiger partial charge in [-0.1, -0.05) is 0 Å². The van der Waals surface area contributed by atoms with Gasteiger partial charge in [-0.05, 0) is 49.2 Å². The van der Waals surface area contributed by atoms with Gasteiger partial charge in [0.2, 0.25) is 0 Å². The lowest BCUT2D eigenvalue weighted by atomic mass is 10.00. The number of benzene rings is 1. The van der Waals surface area contributed by atoms with Gasteiger partial charge in [-0.3, -0.25) is 0 Å². The zero-order valence-corrected chi connectivity index (χ0v) is 11.7. The summed E-state index contributed by atoms with van der Waals surface area (Å²) in [7, 11) is 3.85. The summed E-state index contributed by atoms with van der Waals surface area (Å²) in [4.78, 5) is 2.28. The summed E-state index contributed by atoms with van der Waals surface area (Å²) >= 11 is 0. The van der Waals surface area contributed by atoms with Crippen molar-refractivity contribution < 1.29 is 9.47 Å². The van der Waals surface area contributed by atoms with Crippen molar-refractivity contribution in [3.8, 4) is 5.75 Å². The standard InChI is InChI=1S/C15H22N2O2/c1-17-9-13(10-18-2)19-15-8-12-4-6-16-5-3-11(12)7-14(15)17/h7-8,13,16H,3-6,9-10H2,1-2H3/t13-/m0/s1. The Kier molecular flexibility index (Phi) is 3.62. The molecule has 0 saturated carbocycles. The second-order valence-corrected chi connectivity index (χ2v) is 5.41. The second kappa shape index (κ2) is 5.39. The van der Waals surface area contributed by atoms with Crippen molar-refractivity contribution in [2.45, 2.75) is 18.9 Å². The highest BCUT2D eigenvalue weighted by atomic mass is 16.5. The Morgan fingerprint density at radius 1 is 1.32 bits per heavy atom. The van der Waals surface area contributed by atoms with Crippen LogP contribution in [0.5, 0.6) is 5.75 Å². The number of hydrogen-bond acceptors (Lipinski definition) is 4. The molecule has 0 spiro atoms. The van der Waals surface area contributed by atoms with E-state index in [1.165, 1.54) is 16.8 Å². The molecule has 0 aromatic heterocycles. The predicted octanol–water partition coefficient (Wildman–Crippen LogP) is 1.22. The van der Waals surface area contributed by atoms with Gasteiger partial charge < -0.3 is 19.7 Å². The van der Waals surface area contributed by atoms with Crippen molar-refractivity contribution in [1.82, 2.24) is 5.32 Å². The minimum Gasteiger partial charge on any atom is -0.484 e. The van der Waals surface area contributed by atoms with E-state index in [0.717, 1.165) is 38.2 Å². The Hall–Kier alpha value is -1.26. The highest BCUT2D eigenvalue weighted by Gasteiger charge is 2.25. The molecule has 2 aliphatic heterocycles. The smallest absolute Gasteiger partial charge is 0.143 e. The third-order valence-corrected chi connectivity index (χ3v) is 3.96. The second-order valence-electron chi connectivity index (χ2n) is 5.41. The topological polar surface area (TPSA) is 33.7 Å². The fraction of sp³-hybridized carbons (Fsp3) is 0.600. The van der Waals surface area contributed by atoms with E-state index < -0.39 is 0 Å². The molecule has 1 N–H and O–H groups in total. The number of methoxy groups -OCH3 is 1. The van der Waals surface area contributed by atoms with E-state index in [9.17, 15) is 0 Å². The van der Waals surface area contributed by atoms with E-state index in [1.54, 1.807) is 7.11 Å². The molecular weight excluding hydrogens is 240 g/mol. The Balaban J connectivity index is 1.92. The summed E-state index contributed by atoms with van der Waals surface area (Å²) < 4.78 is 11.3. The van der Waals surface area contributed by atoms with Crippen LogP contribution in [0.1, 0.15) is 11.1 Å². The van der Waals surface area contributed by atoms with E-state index in [0.29, 0.717) is 6.61 Å². The average molecular weight is 262 g/mol. The third-order valence-electron chi connectivity index (χ3n) is 3.96. The molecule has 3 rings (SSSR count). The van der Waals surface area contributed by atoms with Crippen LogP contribution in [0.3, 0.4) is 0 Å². The Labute approximate surface area is 114 Å². The van der Waals surface area contributed by atoms with Gasteiger partial charge in [0.25, 0.3) is 0 Å². The van der Waals surface area contributed by atoms with Gasteiger partial charge in [-0.25, -0.2) is 0 Å². The Morgan fingerprint density at radius 3 is 2.79 bits per heavy atom. The van der Waals surface area contributed by atoms with Crippen LogP contribution in [0.25, 0.3) is 0 Å². The molecule has 0 fully saturated rings. The number of ether oxygens (including phenoxy) is 2. The molecule has 4 nitrogen and oxygen atoms in total. The van der Waals surface area contributed by atoms with Gasteiger partial charge in [0, 0.05) is 14.2 Å². The molecule has 0 radical (unpaired) electrons. The van der Waals surface area contributed by atoms with Crippen LogP contribution >= 0.6 is 0 Å². The van der Waals surface area contributed by atoms with Crippen molar-refractivity contribution >= 4 is 5.69 Å². The molecule has 0 saturated heterocycles. The number of rotatable bonds is 2. The molecule has 2 aliphatic rings. The first kappa shape index (κ1) is 12.8. The molecule has 19 heavy (non-hydrogen) atoms. The van der Waals surface area contributed by atoms with Crippen molar-refractivity contribution in [3.05, 3.63) is 23.3 Å². The summed E-state index contributed by atoms with van der Waals surface area (Å²) in [5.41, 5.74) is 4.10. The summed E-state index contributed by atoms with van der Waals surface area (Å²) in [6.07, 6.45) is 2.33. The predicted molar refractivity (Wildman–Crippen MR) is 76.3 cm³/mol. The van der Waals surface area contributed by atoms with Crippen LogP contribution < -0.4 is 15.0 Å². The van der Waals surface area contributed by atoms with Crippen molar-refractivity contribution in [2.24, 2.45) is 0 Å². The number of nitrogens with one attached hydrogen (secondary N) is 1. The van der Waals surface area contributed by atoms with Crippen molar-refractivity contribution in [1.29, 1.82) is 0 Å². The summed E-state index contributed by atoms with van der Waals surface area (Å²) in [5, 5.41) is 3.45. The van der Waals surface area contributed by atoms with Crippen LogP contribution in [0, 0.1) is 0 Å². The zero-order valence-electron chi connectivity index (χ0n) is 11.7. The summed E-state index contributed by atoms with van der Waals surface area (Å²) in [5.74, 6) is 1.01. The van der Waals surface area contributed by atoms with Crippen molar-refractivity contribution in [3.63, 3.8) is 0 Å². The lowest BCUT2D eigenvalue weighted by molar-refractivity contribution is 0.0800. The van der Waals surface area contributed by atoms with Crippen LogP contribution in [0.15, 0.2) is 12.1 Å². The molecule has 104 valence electrons. The van der Waals surface area contributed by atoms with Crippen molar-refractivity contribution in [2.75, 3.05) is 45.3 Å². The first-order valence-corrected chi connectivity index (χ1v) is 7.01. The first-order valence-electron chi connectivity index (χ1n) is 7.01. The van der Waals surface area contributed by atoms with Gasteiger partial charge >= 0.3 is 0 Å². The molecule has 1 aromatic rings. The maximum Gasteiger partial charge on any atom is 0.143 e. The van der Waals surface area contributed by atoms with E-state index in [2.05, 4.69) is 29.4 Å². The number of nitrogens with zero attached hydrogens (tertiary/aromatic N) is 1. The Bertz CT molecular complexity index is 462. The molecule has 0 unspecified atom stereocenters. The zero-order chi connectivity index (χ0) is 13.2. The summed E-state index contributed by atoms with van der Waals surface area (Å²) in [6, 6.07) is 4.54. The fourth-order valence-corrected chi connectivity index (χ4v) is 2.98. The monoisotopic (exact) mass is 262 g/mol. The molecule has 1 atom stereocenters. The van der Waals surface area contributed by atoms with E-state index >= 15 is 0 Å². The summed E-state index contributed by atoms with van der Waals surface area (Å²) in [6.45, 7) is 3.66. The lowest BCUT2D eigenvalue weighted by Gasteiger charge is -2.34. The molecular formula is C15H22N2O2. The minimum atomic E-state index is 0.129. The first-order chi connectivity index (χ1) is 9.28. The normalized spacial score (nSPS) is 22.2. The van der Waals surface area contributed by atoms with Gasteiger partial charge in [0.05, 0.1) is 18.8 Å². The van der Waals surface area contributed by atoms with E-state index in [4.69, 9.17) is 9.47 Å². The fourth-order valence-electron chi connectivity index (χ4n) is 2.98. The molecule has 2 heterocycles. The molecule has 4 heteroatoms. The molecule has 0 amide bonds. The van der Waals surface area contributed by atoms with Crippen LogP contribution in [0.4, 0.5) is 5.69 Å². The highest BCUT2D eigenvalue weighted by molar-refractivity contribution is 5.63. The SMILES string of the molecule is COC[C@@H]1CN(C)c2cc3c(cc2O1)CCNCC3. The molecule has 0 aliphatic carbocycles. The minimum absolute atomic E-state index is 0.129. The molecule has 0 bridgehead atoms. The third kappa shape index (κ3) is 2.55. The molecule has 1 aromatic carbocycles. The van der Waals surface area contributed by atoms with Gasteiger partial charge in [0.15, 0.2) is 0 Å². The Morgan fingerprint density at radius 2 is 2.05 bits per heavy atom. The maximum atomic E-state index is 6.06. The van der Waals surface area contributed by atoms with Crippen LogP contribution in [-0.4, -0.2) is 46.5 Å². The number of anilines is 1. The lowest BCUT2D eigenvalue weighted by Crippen LogP contribution is -2.40. The highest BCUT2D eigenvalue weighted by Crippen LogP contribution is 2.36. The maximum absolute atomic E-state index is 6.06. The quantitative estimate of drug-likeness (QED) is 0.869. The number of hydrogen-bond donors (Lipinski definition) is 1. The number of likely N-dealkylation sites (N-methyl/N-ethyl adjacent to an activating group) is 1. The average Bonchev–Trinajstić information content (AvgIpc) is 2.62. The van der Waals surface area contributed by atoms with E-state index in [-0.39, 0.29) is 6.10 Å². The van der Waals surface area contributed by atoms with Crippen LogP contribution in [0.2, 0.25) is 0 Å². The van der Waals surface area contributed by atoms with Gasteiger partial charge in [0.1, 0.15) is 11.9 Å². The van der Waals surface area contributed by atoms with Gasteiger partial charge in [-0.15, -0.1) is 0 Å². The van der Waals surface area contributed by atoms with Crippen LogP contribution in [-0.2, 0) is 17.6 Å².